The Morgan fingerprint density at radius 3 is 2.43 bits per heavy atom. The number of nitrogens with zero attached hydrogens (tertiary/aromatic N) is 1. The molecule has 2 aromatic carbocycles. The number of thioether (sulfide) groups is 1. The van der Waals surface area contributed by atoms with Gasteiger partial charge in [-0.2, -0.15) is 0 Å². The van der Waals surface area contributed by atoms with Gasteiger partial charge in [0.2, 0.25) is 0 Å². The quantitative estimate of drug-likeness (QED) is 0.519. The van der Waals surface area contributed by atoms with Gasteiger partial charge in [0.25, 0.3) is 17.7 Å². The maximum Gasteiger partial charge on any atom is 0.408 e. The number of amides is 3. The molecule has 1 heterocycles. The van der Waals surface area contributed by atoms with Gasteiger partial charge in [0, 0.05) is 40.1 Å². The second-order valence-electron chi connectivity index (χ2n) is 10.2. The number of rotatable bonds is 5. The Kier molecular flexibility index (Phi) is 7.71. The molecule has 2 aromatic rings. The van der Waals surface area contributed by atoms with Crippen molar-refractivity contribution in [2.75, 3.05) is 10.7 Å². The Morgan fingerprint density at radius 1 is 1.14 bits per heavy atom. The van der Waals surface area contributed by atoms with Gasteiger partial charge in [-0.25, -0.2) is 13.6 Å². The van der Waals surface area contributed by atoms with Crippen LogP contribution in [0.15, 0.2) is 47.4 Å². The van der Waals surface area contributed by atoms with Gasteiger partial charge in [-0.15, -0.1) is 11.8 Å². The Hall–Kier alpha value is -2.85. The van der Waals surface area contributed by atoms with Gasteiger partial charge in [0.1, 0.15) is 11.6 Å². The third-order valence-electron chi connectivity index (χ3n) is 5.85. The lowest BCUT2D eigenvalue weighted by Crippen LogP contribution is -2.50. The van der Waals surface area contributed by atoms with Crippen molar-refractivity contribution in [3.63, 3.8) is 0 Å². The average Bonchev–Trinajstić information content (AvgIpc) is 2.90. The predicted molar refractivity (Wildman–Crippen MR) is 138 cm³/mol. The molecule has 7 nitrogen and oxygen atoms in total. The summed E-state index contributed by atoms with van der Waals surface area (Å²) < 4.78 is 31.8. The van der Waals surface area contributed by atoms with Gasteiger partial charge in [-0.05, 0) is 56.7 Å². The highest BCUT2D eigenvalue weighted by Gasteiger charge is 2.46. The molecule has 1 saturated carbocycles. The molecule has 0 unspecified atom stereocenters. The first kappa shape index (κ1) is 27.2. The summed E-state index contributed by atoms with van der Waals surface area (Å²) in [5.74, 6) is -3.35. The largest absolute Gasteiger partial charge is 0.444 e. The normalized spacial score (nSPS) is 19.4. The lowest BCUT2D eigenvalue weighted by molar-refractivity contribution is -0.120. The first-order valence-corrected chi connectivity index (χ1v) is 13.2. The van der Waals surface area contributed by atoms with E-state index in [0.717, 1.165) is 10.5 Å². The highest BCUT2D eigenvalue weighted by molar-refractivity contribution is 7.99. The SMILES string of the molecule is CC(C)(C)OC(=O)N[C@H]1CSc2ccc(C(=O)NC3CC(F)(F)C3)cc2N(Cc2ccc(Cl)cc2)C1=O. The summed E-state index contributed by atoms with van der Waals surface area (Å²) in [6.45, 7) is 5.36. The lowest BCUT2D eigenvalue weighted by Gasteiger charge is -2.35. The van der Waals surface area contributed by atoms with Crippen molar-refractivity contribution in [3.05, 3.63) is 58.6 Å². The minimum atomic E-state index is -2.75. The van der Waals surface area contributed by atoms with Crippen LogP contribution in [0.5, 0.6) is 0 Å². The fourth-order valence-electron chi connectivity index (χ4n) is 4.06. The van der Waals surface area contributed by atoms with Crippen LogP contribution in [0.2, 0.25) is 5.02 Å². The standard InChI is InChI=1S/C26H28ClF2N3O4S/c1-25(2,3)36-24(35)31-19-14-37-21-9-6-16(22(33)30-18-11-26(28,29)12-18)10-20(21)32(23(19)34)13-15-4-7-17(27)8-5-15/h4-10,18-19H,11-14H2,1-3H3,(H,30,33)(H,31,35)/t19-/m0/s1. The number of alkyl halides is 2. The number of alkyl carbamates (subject to hydrolysis) is 1. The van der Waals surface area contributed by atoms with E-state index < -0.39 is 48.4 Å². The van der Waals surface area contributed by atoms with Crippen molar-refractivity contribution in [2.24, 2.45) is 0 Å². The van der Waals surface area contributed by atoms with E-state index in [1.54, 1.807) is 63.2 Å². The molecule has 198 valence electrons. The van der Waals surface area contributed by atoms with Crippen LogP contribution < -0.4 is 15.5 Å². The van der Waals surface area contributed by atoms with E-state index in [2.05, 4.69) is 10.6 Å². The lowest BCUT2D eigenvalue weighted by atomic mass is 9.88. The molecule has 1 fully saturated rings. The first-order chi connectivity index (χ1) is 17.3. The zero-order valence-electron chi connectivity index (χ0n) is 20.6. The number of carbonyl (C=O) groups is 3. The molecular weight excluding hydrogens is 524 g/mol. The van der Waals surface area contributed by atoms with Crippen molar-refractivity contribution in [2.45, 2.75) is 68.7 Å². The van der Waals surface area contributed by atoms with Gasteiger partial charge in [0.05, 0.1) is 12.2 Å². The number of benzene rings is 2. The average molecular weight is 552 g/mol. The van der Waals surface area contributed by atoms with Crippen molar-refractivity contribution in [1.29, 1.82) is 0 Å². The number of ether oxygens (including phenoxy) is 1. The summed E-state index contributed by atoms with van der Waals surface area (Å²) >= 11 is 7.38. The molecule has 0 saturated heterocycles. The van der Waals surface area contributed by atoms with Crippen LogP contribution in [-0.4, -0.2) is 47.3 Å². The van der Waals surface area contributed by atoms with Crippen LogP contribution in [-0.2, 0) is 16.1 Å². The second-order valence-corrected chi connectivity index (χ2v) is 11.7. The highest BCUT2D eigenvalue weighted by atomic mass is 35.5. The third kappa shape index (κ3) is 6.93. The molecule has 0 aromatic heterocycles. The molecule has 37 heavy (non-hydrogen) atoms. The summed E-state index contributed by atoms with van der Waals surface area (Å²) in [6.07, 6.45) is -1.49. The van der Waals surface area contributed by atoms with Gasteiger partial charge in [-0.1, -0.05) is 23.7 Å². The summed E-state index contributed by atoms with van der Waals surface area (Å²) in [7, 11) is 0. The van der Waals surface area contributed by atoms with Crippen LogP contribution in [0.3, 0.4) is 0 Å². The van der Waals surface area contributed by atoms with Gasteiger partial charge >= 0.3 is 6.09 Å². The van der Waals surface area contributed by atoms with Crippen LogP contribution in [0.25, 0.3) is 0 Å². The highest BCUT2D eigenvalue weighted by Crippen LogP contribution is 2.39. The summed E-state index contributed by atoms with van der Waals surface area (Å²) in [5.41, 5.74) is 0.800. The molecule has 1 atom stereocenters. The van der Waals surface area contributed by atoms with E-state index in [0.29, 0.717) is 10.7 Å². The minimum absolute atomic E-state index is 0.163. The molecule has 1 aliphatic heterocycles. The van der Waals surface area contributed by atoms with E-state index >= 15 is 0 Å². The Balaban J connectivity index is 1.61. The van der Waals surface area contributed by atoms with Crippen molar-refractivity contribution < 1.29 is 27.9 Å². The number of hydrogen-bond acceptors (Lipinski definition) is 5. The van der Waals surface area contributed by atoms with Gasteiger partial charge in [-0.3, -0.25) is 9.59 Å². The second kappa shape index (κ2) is 10.5. The van der Waals surface area contributed by atoms with Crippen molar-refractivity contribution in [3.8, 4) is 0 Å². The zero-order chi connectivity index (χ0) is 27.0. The van der Waals surface area contributed by atoms with Crippen LogP contribution in [0, 0.1) is 0 Å². The summed E-state index contributed by atoms with van der Waals surface area (Å²) in [4.78, 5) is 41.2. The molecule has 2 N–H and O–H groups in total. The number of fused-ring (bicyclic) bond motifs is 1. The van der Waals surface area contributed by atoms with Crippen molar-refractivity contribution in [1.82, 2.24) is 10.6 Å². The van der Waals surface area contributed by atoms with Gasteiger partial charge in [0.15, 0.2) is 0 Å². The number of carbonyl (C=O) groups excluding carboxylic acids is 3. The van der Waals surface area contributed by atoms with Crippen LogP contribution in [0.1, 0.15) is 49.5 Å². The van der Waals surface area contributed by atoms with Crippen LogP contribution in [0.4, 0.5) is 19.3 Å². The van der Waals surface area contributed by atoms with Crippen LogP contribution >= 0.6 is 23.4 Å². The molecule has 0 bridgehead atoms. The maximum atomic E-state index is 13.7. The van der Waals surface area contributed by atoms with Crippen molar-refractivity contribution >= 4 is 47.0 Å². The van der Waals surface area contributed by atoms with E-state index in [1.165, 1.54) is 16.7 Å². The summed E-state index contributed by atoms with van der Waals surface area (Å²) in [5, 5.41) is 5.85. The smallest absolute Gasteiger partial charge is 0.408 e. The Bertz CT molecular complexity index is 1200. The Labute approximate surface area is 223 Å². The van der Waals surface area contributed by atoms with E-state index in [4.69, 9.17) is 16.3 Å². The molecule has 1 aliphatic carbocycles. The minimum Gasteiger partial charge on any atom is -0.444 e. The maximum absolute atomic E-state index is 13.7. The monoisotopic (exact) mass is 551 g/mol. The number of nitrogens with one attached hydrogen (secondary N) is 2. The number of anilines is 1. The Morgan fingerprint density at radius 2 is 1.81 bits per heavy atom. The fourth-order valence-corrected chi connectivity index (χ4v) is 5.24. The topological polar surface area (TPSA) is 87.7 Å². The summed E-state index contributed by atoms with van der Waals surface area (Å²) in [6, 6.07) is 10.4. The molecule has 11 heteroatoms. The van der Waals surface area contributed by atoms with E-state index in [1.807, 2.05) is 0 Å². The third-order valence-corrected chi connectivity index (χ3v) is 7.26. The van der Waals surface area contributed by atoms with Gasteiger partial charge < -0.3 is 20.3 Å². The molecule has 0 radical (unpaired) electrons. The number of halogens is 3. The van der Waals surface area contributed by atoms with E-state index in [-0.39, 0.29) is 23.8 Å². The fraction of sp³-hybridized carbons (Fsp3) is 0.423. The molecule has 4 rings (SSSR count). The molecule has 3 amide bonds. The molecular formula is C26H28ClF2N3O4S. The number of hydrogen-bond donors (Lipinski definition) is 2. The zero-order valence-corrected chi connectivity index (χ0v) is 22.2. The predicted octanol–water partition coefficient (Wildman–Crippen LogP) is 5.40. The molecule has 0 spiro atoms. The first-order valence-electron chi connectivity index (χ1n) is 11.8. The molecule has 2 aliphatic rings. The van der Waals surface area contributed by atoms with E-state index in [9.17, 15) is 23.2 Å².